The van der Waals surface area contributed by atoms with Crippen molar-refractivity contribution in [1.29, 1.82) is 5.26 Å². The Bertz CT molecular complexity index is 1330. The lowest BCUT2D eigenvalue weighted by molar-refractivity contribution is 0.853. The summed E-state index contributed by atoms with van der Waals surface area (Å²) in [6.07, 6.45) is 6.31. The zero-order valence-electron chi connectivity index (χ0n) is 15.0. The van der Waals surface area contributed by atoms with Crippen LogP contribution in [0.15, 0.2) is 73.4 Å². The van der Waals surface area contributed by atoms with Crippen LogP contribution in [0.2, 0.25) is 0 Å². The van der Waals surface area contributed by atoms with Crippen molar-refractivity contribution in [2.24, 2.45) is 0 Å². The number of hydrogen-bond acceptors (Lipinski definition) is 7. The molecule has 0 atom stereocenters. The predicted octanol–water partition coefficient (Wildman–Crippen LogP) is 3.01. The molecule has 0 radical (unpaired) electrons. The molecule has 0 aliphatic heterocycles. The smallest absolute Gasteiger partial charge is 0.168 e. The monoisotopic (exact) mass is 379 g/mol. The van der Waals surface area contributed by atoms with E-state index in [1.807, 2.05) is 48.5 Å². The number of nitrogens with zero attached hydrogens (tertiary/aromatic N) is 8. The van der Waals surface area contributed by atoms with E-state index in [1.54, 1.807) is 21.8 Å². The molecule has 1 aromatic carbocycles. The molecule has 9 nitrogen and oxygen atoms in total. The lowest BCUT2D eigenvalue weighted by Crippen LogP contribution is -2.06. The van der Waals surface area contributed by atoms with Crippen LogP contribution in [-0.2, 0) is 0 Å². The minimum Gasteiger partial charge on any atom is -0.323 e. The van der Waals surface area contributed by atoms with Gasteiger partial charge < -0.3 is 5.32 Å². The summed E-state index contributed by atoms with van der Waals surface area (Å²) in [4.78, 5) is 13.0. The fourth-order valence-corrected chi connectivity index (χ4v) is 3.02. The Morgan fingerprint density at radius 1 is 0.862 bits per heavy atom. The quantitative estimate of drug-likeness (QED) is 0.511. The highest BCUT2D eigenvalue weighted by Gasteiger charge is 2.17. The molecule has 0 saturated carbocycles. The van der Waals surface area contributed by atoms with E-state index >= 15 is 0 Å². The summed E-state index contributed by atoms with van der Waals surface area (Å²) in [6.45, 7) is 0. The third-order valence-corrected chi connectivity index (χ3v) is 4.36. The Morgan fingerprint density at radius 3 is 2.48 bits per heavy atom. The van der Waals surface area contributed by atoms with E-state index in [9.17, 15) is 5.26 Å². The Morgan fingerprint density at radius 2 is 1.69 bits per heavy atom. The summed E-state index contributed by atoms with van der Waals surface area (Å²) in [6, 6.07) is 17.3. The molecule has 9 heteroatoms. The van der Waals surface area contributed by atoms with Crippen molar-refractivity contribution in [3.8, 4) is 17.6 Å². The Hall–Kier alpha value is -4.58. The van der Waals surface area contributed by atoms with Gasteiger partial charge in [0.2, 0.25) is 0 Å². The average molecular weight is 379 g/mol. The first-order chi connectivity index (χ1) is 14.3. The van der Waals surface area contributed by atoms with Gasteiger partial charge in [0.25, 0.3) is 0 Å². The molecule has 0 unspecified atom stereocenters. The molecule has 4 heterocycles. The van der Waals surface area contributed by atoms with Crippen LogP contribution in [-0.4, -0.2) is 34.5 Å². The number of aromatic nitrogens is 7. The minimum absolute atomic E-state index is 0.373. The third-order valence-electron chi connectivity index (χ3n) is 4.36. The topological polar surface area (TPSA) is 110 Å². The van der Waals surface area contributed by atoms with E-state index in [0.717, 1.165) is 5.69 Å². The van der Waals surface area contributed by atoms with Crippen molar-refractivity contribution in [1.82, 2.24) is 34.5 Å². The van der Waals surface area contributed by atoms with Crippen molar-refractivity contribution in [2.75, 3.05) is 5.32 Å². The van der Waals surface area contributed by atoms with Gasteiger partial charge in [0, 0.05) is 6.20 Å². The van der Waals surface area contributed by atoms with Gasteiger partial charge >= 0.3 is 0 Å². The molecular weight excluding hydrogens is 366 g/mol. The van der Waals surface area contributed by atoms with Crippen molar-refractivity contribution < 1.29 is 0 Å². The second-order valence-electron chi connectivity index (χ2n) is 6.09. The maximum absolute atomic E-state index is 9.51. The number of hydrogen-bond donors (Lipinski definition) is 1. The van der Waals surface area contributed by atoms with Crippen LogP contribution >= 0.6 is 0 Å². The van der Waals surface area contributed by atoms with E-state index in [-0.39, 0.29) is 0 Å². The molecule has 4 aromatic heterocycles. The molecule has 1 N–H and O–H groups in total. The molecule has 0 spiro atoms. The molecule has 0 fully saturated rings. The fourth-order valence-electron chi connectivity index (χ4n) is 3.02. The first-order valence-electron chi connectivity index (χ1n) is 8.76. The van der Waals surface area contributed by atoms with E-state index in [4.69, 9.17) is 0 Å². The van der Waals surface area contributed by atoms with Crippen LogP contribution in [0.3, 0.4) is 0 Å². The van der Waals surface area contributed by atoms with Gasteiger partial charge in [-0.15, -0.1) is 0 Å². The molecule has 29 heavy (non-hydrogen) atoms. The number of pyridine rings is 1. The molecule has 5 aromatic rings. The van der Waals surface area contributed by atoms with E-state index in [2.05, 4.69) is 36.5 Å². The van der Waals surface area contributed by atoms with Gasteiger partial charge in [0.05, 0.1) is 23.5 Å². The normalized spacial score (nSPS) is 10.7. The molecule has 138 valence electrons. The zero-order valence-corrected chi connectivity index (χ0v) is 15.0. The Kier molecular flexibility index (Phi) is 3.92. The average Bonchev–Trinajstić information content (AvgIpc) is 3.40. The number of benzene rings is 1. The molecular formula is C20H13N9. The summed E-state index contributed by atoms with van der Waals surface area (Å²) in [5, 5.41) is 22.2. The largest absolute Gasteiger partial charge is 0.323 e. The molecule has 0 bridgehead atoms. The molecule has 5 rings (SSSR count). The summed E-state index contributed by atoms with van der Waals surface area (Å²) < 4.78 is 3.30. The van der Waals surface area contributed by atoms with Crippen LogP contribution in [0.1, 0.15) is 5.56 Å². The standard InChI is InChI=1S/C20H13N9/c21-10-14-11-25-29(17-8-4-5-9-22-17)19(14)27-18-16-12-26-28(20(16)24-13-23-18)15-6-2-1-3-7-15/h1-9,11-13H,(H,23,24,27). The lowest BCUT2D eigenvalue weighted by Gasteiger charge is -2.10. The van der Waals surface area contributed by atoms with Crippen LogP contribution in [0.4, 0.5) is 11.6 Å². The molecule has 0 aliphatic carbocycles. The highest BCUT2D eigenvalue weighted by molar-refractivity contribution is 5.89. The highest BCUT2D eigenvalue weighted by atomic mass is 15.4. The maximum atomic E-state index is 9.51. The van der Waals surface area contributed by atoms with Gasteiger partial charge in [-0.1, -0.05) is 24.3 Å². The minimum atomic E-state index is 0.373. The first-order valence-corrected chi connectivity index (χ1v) is 8.76. The Labute approximate surface area is 164 Å². The molecule has 0 amide bonds. The SMILES string of the molecule is N#Cc1cnn(-c2ccccn2)c1Nc1ncnc2c1cnn2-c1ccccc1. The van der Waals surface area contributed by atoms with E-state index < -0.39 is 0 Å². The fraction of sp³-hybridized carbons (Fsp3) is 0. The van der Waals surface area contributed by atoms with Gasteiger partial charge in [-0.3, -0.25) is 0 Å². The van der Waals surface area contributed by atoms with Gasteiger partial charge in [-0.05, 0) is 24.3 Å². The molecule has 0 saturated heterocycles. The Balaban J connectivity index is 1.62. The maximum Gasteiger partial charge on any atom is 0.168 e. The number of fused-ring (bicyclic) bond motifs is 1. The number of nitrogens with one attached hydrogen (secondary N) is 1. The van der Waals surface area contributed by atoms with Crippen LogP contribution < -0.4 is 5.32 Å². The second-order valence-corrected chi connectivity index (χ2v) is 6.09. The third kappa shape index (κ3) is 2.85. The van der Waals surface area contributed by atoms with Gasteiger partial charge in [-0.2, -0.15) is 20.1 Å². The predicted molar refractivity (Wildman–Crippen MR) is 106 cm³/mol. The molecule has 0 aliphatic rings. The summed E-state index contributed by atoms with van der Waals surface area (Å²) in [5.41, 5.74) is 1.91. The number of nitriles is 1. The van der Waals surface area contributed by atoms with Crippen LogP contribution in [0, 0.1) is 11.3 Å². The van der Waals surface area contributed by atoms with Crippen molar-refractivity contribution in [3.63, 3.8) is 0 Å². The zero-order chi connectivity index (χ0) is 19.6. The van der Waals surface area contributed by atoms with E-state index in [0.29, 0.717) is 34.1 Å². The van der Waals surface area contributed by atoms with Crippen LogP contribution in [0.5, 0.6) is 0 Å². The summed E-state index contributed by atoms with van der Waals surface area (Å²) in [7, 11) is 0. The number of para-hydroxylation sites is 1. The van der Waals surface area contributed by atoms with Gasteiger partial charge in [0.15, 0.2) is 17.3 Å². The lowest BCUT2D eigenvalue weighted by atomic mass is 10.3. The number of anilines is 2. The summed E-state index contributed by atoms with van der Waals surface area (Å²) in [5.74, 6) is 1.58. The van der Waals surface area contributed by atoms with Crippen molar-refractivity contribution >= 4 is 22.7 Å². The van der Waals surface area contributed by atoms with E-state index in [1.165, 1.54) is 12.5 Å². The van der Waals surface area contributed by atoms with Crippen LogP contribution in [0.25, 0.3) is 22.5 Å². The van der Waals surface area contributed by atoms with Gasteiger partial charge in [-0.25, -0.2) is 19.6 Å². The summed E-state index contributed by atoms with van der Waals surface area (Å²) >= 11 is 0. The van der Waals surface area contributed by atoms with Crippen molar-refractivity contribution in [2.45, 2.75) is 0 Å². The number of rotatable bonds is 4. The van der Waals surface area contributed by atoms with Gasteiger partial charge in [0.1, 0.15) is 23.8 Å². The van der Waals surface area contributed by atoms with Crippen molar-refractivity contribution in [3.05, 3.63) is 79.0 Å². The first kappa shape index (κ1) is 16.6. The second kappa shape index (κ2) is 6.86. The highest BCUT2D eigenvalue weighted by Crippen LogP contribution is 2.27.